The van der Waals surface area contributed by atoms with Crippen LogP contribution in [0.3, 0.4) is 0 Å². The van der Waals surface area contributed by atoms with E-state index in [9.17, 15) is 5.11 Å². The number of hydrogen-bond donors (Lipinski definition) is 2. The molecular formula is C18H22N2O. The normalized spacial score (nSPS) is 23.7. The smallest absolute Gasteiger partial charge is 0.0579 e. The summed E-state index contributed by atoms with van der Waals surface area (Å²) in [5.74, 6) is 0. The van der Waals surface area contributed by atoms with Crippen molar-refractivity contribution in [3.63, 3.8) is 0 Å². The van der Waals surface area contributed by atoms with E-state index in [2.05, 4.69) is 46.7 Å². The Kier molecular flexibility index (Phi) is 4.63. The minimum Gasteiger partial charge on any atom is -0.393 e. The van der Waals surface area contributed by atoms with E-state index in [1.165, 1.54) is 11.1 Å². The van der Waals surface area contributed by atoms with Gasteiger partial charge in [0.2, 0.25) is 0 Å². The molecule has 0 aliphatic heterocycles. The molecule has 3 nitrogen and oxygen atoms in total. The van der Waals surface area contributed by atoms with Crippen molar-refractivity contribution in [1.29, 1.82) is 0 Å². The number of aliphatic hydroxyl groups is 1. The van der Waals surface area contributed by atoms with Crippen LogP contribution < -0.4 is 5.32 Å². The second kappa shape index (κ2) is 6.83. The standard InChI is InChI=1S/C18H22N2O/c21-17-8-6-16(7-9-17)20-18(14-4-2-1-3-5-14)15-10-12-19-13-11-15/h1-5,10-13,16-18,20-21H,6-9H2. The van der Waals surface area contributed by atoms with Crippen LogP contribution in [-0.4, -0.2) is 22.2 Å². The lowest BCUT2D eigenvalue weighted by Crippen LogP contribution is -2.37. The van der Waals surface area contributed by atoms with Crippen LogP contribution in [0.15, 0.2) is 54.9 Å². The SMILES string of the molecule is OC1CCC(NC(c2ccccc2)c2ccncc2)CC1. The van der Waals surface area contributed by atoms with E-state index in [1.807, 2.05) is 18.5 Å². The number of nitrogens with zero attached hydrogens (tertiary/aromatic N) is 1. The molecule has 1 aliphatic rings. The number of rotatable bonds is 4. The third-order valence-electron chi connectivity index (χ3n) is 4.27. The molecule has 2 aromatic rings. The molecule has 0 radical (unpaired) electrons. The highest BCUT2D eigenvalue weighted by Crippen LogP contribution is 2.26. The summed E-state index contributed by atoms with van der Waals surface area (Å²) in [5.41, 5.74) is 2.51. The van der Waals surface area contributed by atoms with Crippen molar-refractivity contribution in [2.75, 3.05) is 0 Å². The Morgan fingerprint density at radius 2 is 1.52 bits per heavy atom. The van der Waals surface area contributed by atoms with Gasteiger partial charge in [-0.2, -0.15) is 0 Å². The summed E-state index contributed by atoms with van der Waals surface area (Å²) in [7, 11) is 0. The molecule has 0 saturated heterocycles. The van der Waals surface area contributed by atoms with Crippen LogP contribution >= 0.6 is 0 Å². The average molecular weight is 282 g/mol. The molecule has 1 aliphatic carbocycles. The molecule has 1 fully saturated rings. The van der Waals surface area contributed by atoms with E-state index >= 15 is 0 Å². The second-order valence-electron chi connectivity index (χ2n) is 5.80. The van der Waals surface area contributed by atoms with Crippen LogP contribution in [0.2, 0.25) is 0 Å². The van der Waals surface area contributed by atoms with Crippen LogP contribution in [0.4, 0.5) is 0 Å². The largest absolute Gasteiger partial charge is 0.393 e. The van der Waals surface area contributed by atoms with Crippen LogP contribution in [0.1, 0.15) is 42.9 Å². The molecule has 2 N–H and O–H groups in total. The average Bonchev–Trinajstić information content (AvgIpc) is 2.56. The Morgan fingerprint density at radius 1 is 0.905 bits per heavy atom. The van der Waals surface area contributed by atoms with E-state index in [0.29, 0.717) is 6.04 Å². The molecule has 1 saturated carbocycles. The fourth-order valence-electron chi connectivity index (χ4n) is 3.06. The first-order chi connectivity index (χ1) is 10.3. The monoisotopic (exact) mass is 282 g/mol. The van der Waals surface area contributed by atoms with Gasteiger partial charge in [0.25, 0.3) is 0 Å². The molecule has 21 heavy (non-hydrogen) atoms. The van der Waals surface area contributed by atoms with Crippen molar-refractivity contribution in [2.45, 2.75) is 43.9 Å². The Labute approximate surface area is 126 Å². The lowest BCUT2D eigenvalue weighted by Gasteiger charge is -2.31. The van der Waals surface area contributed by atoms with Gasteiger partial charge in [0.1, 0.15) is 0 Å². The van der Waals surface area contributed by atoms with Crippen molar-refractivity contribution in [1.82, 2.24) is 10.3 Å². The number of aromatic nitrogens is 1. The van der Waals surface area contributed by atoms with Crippen molar-refractivity contribution < 1.29 is 5.11 Å². The number of hydrogen-bond acceptors (Lipinski definition) is 3. The van der Waals surface area contributed by atoms with E-state index < -0.39 is 0 Å². The van der Waals surface area contributed by atoms with Crippen LogP contribution in [0, 0.1) is 0 Å². The molecule has 1 heterocycles. The summed E-state index contributed by atoms with van der Waals surface area (Å²) in [6, 6.07) is 15.3. The predicted octanol–water partition coefficient (Wildman–Crippen LogP) is 3.06. The van der Waals surface area contributed by atoms with Gasteiger partial charge >= 0.3 is 0 Å². The first-order valence-electron chi connectivity index (χ1n) is 7.72. The summed E-state index contributed by atoms with van der Waals surface area (Å²) in [4.78, 5) is 4.12. The van der Waals surface area contributed by atoms with Crippen LogP contribution in [0.25, 0.3) is 0 Å². The number of nitrogens with one attached hydrogen (secondary N) is 1. The Hall–Kier alpha value is -1.71. The topological polar surface area (TPSA) is 45.1 Å². The van der Waals surface area contributed by atoms with E-state index in [-0.39, 0.29) is 12.1 Å². The van der Waals surface area contributed by atoms with Crippen LogP contribution in [-0.2, 0) is 0 Å². The van der Waals surface area contributed by atoms with Gasteiger partial charge in [0.15, 0.2) is 0 Å². The van der Waals surface area contributed by atoms with Gasteiger partial charge < -0.3 is 10.4 Å². The third kappa shape index (κ3) is 3.69. The molecule has 0 amide bonds. The first kappa shape index (κ1) is 14.2. The van der Waals surface area contributed by atoms with Crippen molar-refractivity contribution in [3.8, 4) is 0 Å². The highest BCUT2D eigenvalue weighted by atomic mass is 16.3. The summed E-state index contributed by atoms with van der Waals surface area (Å²) >= 11 is 0. The van der Waals surface area contributed by atoms with Crippen LogP contribution in [0.5, 0.6) is 0 Å². The Bertz CT molecular complexity index is 496. The second-order valence-corrected chi connectivity index (χ2v) is 5.80. The minimum absolute atomic E-state index is 0.112. The highest BCUT2D eigenvalue weighted by Gasteiger charge is 2.23. The number of aliphatic hydroxyl groups excluding tert-OH is 1. The zero-order valence-corrected chi connectivity index (χ0v) is 12.2. The van der Waals surface area contributed by atoms with Gasteiger partial charge in [-0.1, -0.05) is 30.3 Å². The zero-order valence-electron chi connectivity index (χ0n) is 12.2. The number of benzene rings is 1. The van der Waals surface area contributed by atoms with Gasteiger partial charge in [-0.25, -0.2) is 0 Å². The first-order valence-corrected chi connectivity index (χ1v) is 7.72. The van der Waals surface area contributed by atoms with Gasteiger partial charge in [0.05, 0.1) is 12.1 Å². The number of pyridine rings is 1. The maximum absolute atomic E-state index is 9.66. The van der Waals surface area contributed by atoms with Crippen molar-refractivity contribution >= 4 is 0 Å². The quantitative estimate of drug-likeness (QED) is 0.906. The summed E-state index contributed by atoms with van der Waals surface area (Å²) < 4.78 is 0. The van der Waals surface area contributed by atoms with Gasteiger partial charge in [-0.3, -0.25) is 4.98 Å². The third-order valence-corrected chi connectivity index (χ3v) is 4.27. The lowest BCUT2D eigenvalue weighted by atomic mass is 9.90. The van der Waals surface area contributed by atoms with Gasteiger partial charge in [-0.15, -0.1) is 0 Å². The minimum atomic E-state index is -0.112. The van der Waals surface area contributed by atoms with E-state index in [4.69, 9.17) is 0 Å². The molecule has 3 heteroatoms. The highest BCUT2D eigenvalue weighted by molar-refractivity contribution is 5.30. The zero-order chi connectivity index (χ0) is 14.5. The molecule has 1 unspecified atom stereocenters. The van der Waals surface area contributed by atoms with E-state index in [1.54, 1.807) is 0 Å². The molecule has 1 aromatic carbocycles. The molecule has 1 aromatic heterocycles. The van der Waals surface area contributed by atoms with Gasteiger partial charge in [0, 0.05) is 18.4 Å². The maximum Gasteiger partial charge on any atom is 0.0579 e. The summed E-state index contributed by atoms with van der Waals surface area (Å²) in [5, 5.41) is 13.4. The molecule has 3 rings (SSSR count). The van der Waals surface area contributed by atoms with Gasteiger partial charge in [-0.05, 0) is 48.9 Å². The molecule has 0 spiro atoms. The van der Waals surface area contributed by atoms with E-state index in [0.717, 1.165) is 25.7 Å². The summed E-state index contributed by atoms with van der Waals surface area (Å²) in [6.07, 6.45) is 7.45. The van der Waals surface area contributed by atoms with Crippen molar-refractivity contribution in [2.24, 2.45) is 0 Å². The maximum atomic E-state index is 9.66. The fraction of sp³-hybridized carbons (Fsp3) is 0.389. The predicted molar refractivity (Wildman–Crippen MR) is 83.9 cm³/mol. The molecule has 0 bridgehead atoms. The van der Waals surface area contributed by atoms with Crippen molar-refractivity contribution in [3.05, 3.63) is 66.0 Å². The summed E-state index contributed by atoms with van der Waals surface area (Å²) in [6.45, 7) is 0. The fourth-order valence-corrected chi connectivity index (χ4v) is 3.06. The molecule has 110 valence electrons. The lowest BCUT2D eigenvalue weighted by molar-refractivity contribution is 0.115. The molecular weight excluding hydrogens is 260 g/mol. The Morgan fingerprint density at radius 3 is 2.19 bits per heavy atom. The molecule has 1 atom stereocenters. The Balaban J connectivity index is 1.80.